The molecule has 1 unspecified atom stereocenters. The molecular formula is C19H25FN2O2. The van der Waals surface area contributed by atoms with Crippen molar-refractivity contribution in [1.82, 2.24) is 10.6 Å². The minimum Gasteiger partial charge on any atom is -0.459 e. The fraction of sp³-hybridized carbons (Fsp3) is 0.526. The molecule has 0 radical (unpaired) electrons. The highest BCUT2D eigenvalue weighted by molar-refractivity contribution is 5.82. The molecule has 1 aliphatic rings. The van der Waals surface area contributed by atoms with Crippen molar-refractivity contribution < 1.29 is 13.6 Å². The maximum Gasteiger partial charge on any atom is 0.217 e. The summed E-state index contributed by atoms with van der Waals surface area (Å²) < 4.78 is 19.4. The average molecular weight is 332 g/mol. The maximum absolute atomic E-state index is 13.4. The summed E-state index contributed by atoms with van der Waals surface area (Å²) in [6.07, 6.45) is 4.05. The van der Waals surface area contributed by atoms with Gasteiger partial charge in [-0.3, -0.25) is 4.79 Å². The molecule has 1 atom stereocenters. The van der Waals surface area contributed by atoms with Crippen LogP contribution in [-0.4, -0.2) is 18.0 Å². The largest absolute Gasteiger partial charge is 0.459 e. The van der Waals surface area contributed by atoms with E-state index in [0.29, 0.717) is 12.1 Å². The van der Waals surface area contributed by atoms with Gasteiger partial charge in [-0.25, -0.2) is 4.39 Å². The number of aryl methyl sites for hydroxylation is 1. The third-order valence-electron chi connectivity index (χ3n) is 4.95. The summed E-state index contributed by atoms with van der Waals surface area (Å²) in [5.74, 6) is 0.680. The van der Waals surface area contributed by atoms with Gasteiger partial charge in [-0.1, -0.05) is 0 Å². The molecule has 0 aliphatic heterocycles. The molecular weight excluding hydrogens is 307 g/mol. The van der Waals surface area contributed by atoms with Crippen LogP contribution in [0.15, 0.2) is 22.6 Å². The number of nitrogens with one attached hydrogen (secondary N) is 2. The molecule has 4 nitrogen and oxygen atoms in total. The number of furan rings is 1. The first kappa shape index (κ1) is 17.0. The molecule has 3 rings (SSSR count). The van der Waals surface area contributed by atoms with Gasteiger partial charge >= 0.3 is 0 Å². The van der Waals surface area contributed by atoms with Gasteiger partial charge < -0.3 is 15.1 Å². The van der Waals surface area contributed by atoms with Gasteiger partial charge in [0.1, 0.15) is 17.2 Å². The summed E-state index contributed by atoms with van der Waals surface area (Å²) in [6, 6.07) is 5.43. The lowest BCUT2D eigenvalue weighted by atomic mass is 9.90. The van der Waals surface area contributed by atoms with Crippen molar-refractivity contribution in [2.45, 2.75) is 64.6 Å². The molecule has 130 valence electrons. The van der Waals surface area contributed by atoms with E-state index in [1.165, 1.54) is 12.1 Å². The number of hydrogen-bond donors (Lipinski definition) is 2. The zero-order valence-corrected chi connectivity index (χ0v) is 14.5. The molecule has 1 saturated carbocycles. The Morgan fingerprint density at radius 2 is 1.92 bits per heavy atom. The Kier molecular flexibility index (Phi) is 4.90. The first-order chi connectivity index (χ1) is 11.4. The topological polar surface area (TPSA) is 54.3 Å². The minimum atomic E-state index is -0.241. The second kappa shape index (κ2) is 6.93. The number of carbonyl (C=O) groups is 1. The van der Waals surface area contributed by atoms with E-state index in [1.54, 1.807) is 13.0 Å². The van der Waals surface area contributed by atoms with Crippen LogP contribution in [0.5, 0.6) is 0 Å². The van der Waals surface area contributed by atoms with Crippen LogP contribution in [0.1, 0.15) is 56.9 Å². The van der Waals surface area contributed by atoms with E-state index in [0.717, 1.165) is 48.0 Å². The summed E-state index contributed by atoms with van der Waals surface area (Å²) in [6.45, 7) is 5.63. The fourth-order valence-corrected chi connectivity index (χ4v) is 3.75. The SMILES string of the molecule is CC(=O)NC1CCC(NC(C)c2oc3ccc(F)cc3c2C)CC1. The monoisotopic (exact) mass is 332 g/mol. The summed E-state index contributed by atoms with van der Waals surface area (Å²) in [5.41, 5.74) is 1.73. The third-order valence-corrected chi connectivity index (χ3v) is 4.95. The molecule has 5 heteroatoms. The van der Waals surface area contributed by atoms with Crippen molar-refractivity contribution in [2.75, 3.05) is 0 Å². The van der Waals surface area contributed by atoms with Gasteiger partial charge in [0, 0.05) is 30.0 Å². The minimum absolute atomic E-state index is 0.0462. The normalized spacial score (nSPS) is 22.5. The van der Waals surface area contributed by atoms with Gasteiger partial charge in [0.2, 0.25) is 5.91 Å². The van der Waals surface area contributed by atoms with E-state index in [2.05, 4.69) is 17.6 Å². The molecule has 1 aliphatic carbocycles. The van der Waals surface area contributed by atoms with Crippen LogP contribution in [0.25, 0.3) is 11.0 Å². The lowest BCUT2D eigenvalue weighted by Crippen LogP contribution is -2.42. The summed E-state index contributed by atoms with van der Waals surface area (Å²) in [4.78, 5) is 11.1. The Hall–Kier alpha value is -1.88. The molecule has 1 fully saturated rings. The van der Waals surface area contributed by atoms with Crippen LogP contribution in [0.2, 0.25) is 0 Å². The van der Waals surface area contributed by atoms with E-state index in [4.69, 9.17) is 4.42 Å². The van der Waals surface area contributed by atoms with Crippen LogP contribution in [0, 0.1) is 12.7 Å². The van der Waals surface area contributed by atoms with Crippen LogP contribution in [-0.2, 0) is 4.79 Å². The zero-order valence-electron chi connectivity index (χ0n) is 14.5. The van der Waals surface area contributed by atoms with E-state index in [9.17, 15) is 9.18 Å². The van der Waals surface area contributed by atoms with Crippen molar-refractivity contribution in [3.63, 3.8) is 0 Å². The fourth-order valence-electron chi connectivity index (χ4n) is 3.75. The highest BCUT2D eigenvalue weighted by atomic mass is 19.1. The van der Waals surface area contributed by atoms with Crippen LogP contribution < -0.4 is 10.6 Å². The van der Waals surface area contributed by atoms with E-state index in [-0.39, 0.29) is 17.8 Å². The van der Waals surface area contributed by atoms with E-state index in [1.807, 2.05) is 6.92 Å². The van der Waals surface area contributed by atoms with Gasteiger partial charge in [-0.15, -0.1) is 0 Å². The van der Waals surface area contributed by atoms with Gasteiger partial charge in [-0.05, 0) is 57.7 Å². The number of rotatable bonds is 4. The molecule has 1 aromatic heterocycles. The number of amides is 1. The van der Waals surface area contributed by atoms with Crippen molar-refractivity contribution in [2.24, 2.45) is 0 Å². The van der Waals surface area contributed by atoms with Gasteiger partial charge in [-0.2, -0.15) is 0 Å². The molecule has 1 aromatic carbocycles. The number of carbonyl (C=O) groups excluding carboxylic acids is 1. The van der Waals surface area contributed by atoms with Crippen LogP contribution in [0.3, 0.4) is 0 Å². The molecule has 24 heavy (non-hydrogen) atoms. The predicted octanol–water partition coefficient (Wildman–Crippen LogP) is 3.98. The summed E-state index contributed by atoms with van der Waals surface area (Å²) >= 11 is 0. The smallest absolute Gasteiger partial charge is 0.217 e. The highest BCUT2D eigenvalue weighted by Gasteiger charge is 2.25. The van der Waals surface area contributed by atoms with Crippen LogP contribution >= 0.6 is 0 Å². The standard InChI is InChI=1S/C19H25FN2O2/c1-11-17-10-14(20)4-9-18(17)24-19(11)12(2)21-15-5-7-16(8-6-15)22-13(3)23/h4,9-10,12,15-16,21H,5-8H2,1-3H3,(H,22,23). The van der Waals surface area contributed by atoms with E-state index >= 15 is 0 Å². The lowest BCUT2D eigenvalue weighted by molar-refractivity contribution is -0.119. The van der Waals surface area contributed by atoms with Crippen molar-refractivity contribution in [3.05, 3.63) is 35.3 Å². The summed E-state index contributed by atoms with van der Waals surface area (Å²) in [5, 5.41) is 7.46. The molecule has 0 saturated heterocycles. The van der Waals surface area contributed by atoms with Gasteiger partial charge in [0.15, 0.2) is 0 Å². The summed E-state index contributed by atoms with van der Waals surface area (Å²) in [7, 11) is 0. The van der Waals surface area contributed by atoms with E-state index < -0.39 is 0 Å². The Labute approximate surface area is 141 Å². The number of fused-ring (bicyclic) bond motifs is 1. The Morgan fingerprint density at radius 3 is 2.58 bits per heavy atom. The average Bonchev–Trinajstić information content (AvgIpc) is 2.86. The first-order valence-corrected chi connectivity index (χ1v) is 8.65. The lowest BCUT2D eigenvalue weighted by Gasteiger charge is -2.31. The third kappa shape index (κ3) is 3.61. The molecule has 2 N–H and O–H groups in total. The zero-order chi connectivity index (χ0) is 17.3. The number of benzene rings is 1. The first-order valence-electron chi connectivity index (χ1n) is 8.65. The van der Waals surface area contributed by atoms with Crippen molar-refractivity contribution >= 4 is 16.9 Å². The molecule has 1 heterocycles. The Balaban J connectivity index is 1.64. The Morgan fingerprint density at radius 1 is 1.25 bits per heavy atom. The van der Waals surface area contributed by atoms with Gasteiger partial charge in [0.05, 0.1) is 6.04 Å². The molecule has 1 amide bonds. The maximum atomic E-state index is 13.4. The number of hydrogen-bond acceptors (Lipinski definition) is 3. The predicted molar refractivity (Wildman–Crippen MR) is 92.3 cm³/mol. The number of halogens is 1. The molecule has 0 spiro atoms. The highest BCUT2D eigenvalue weighted by Crippen LogP contribution is 2.31. The second-order valence-electron chi connectivity index (χ2n) is 6.87. The van der Waals surface area contributed by atoms with Crippen LogP contribution in [0.4, 0.5) is 4.39 Å². The second-order valence-corrected chi connectivity index (χ2v) is 6.87. The quantitative estimate of drug-likeness (QED) is 0.890. The van der Waals surface area contributed by atoms with Crippen molar-refractivity contribution in [3.8, 4) is 0 Å². The van der Waals surface area contributed by atoms with Crippen molar-refractivity contribution in [1.29, 1.82) is 0 Å². The Bertz CT molecular complexity index is 732. The van der Waals surface area contributed by atoms with Gasteiger partial charge in [0.25, 0.3) is 0 Å². The molecule has 2 aromatic rings. The molecule has 0 bridgehead atoms.